The number of halogens is 2. The van der Waals surface area contributed by atoms with E-state index in [0.29, 0.717) is 20.5 Å². The third-order valence-corrected chi connectivity index (χ3v) is 6.09. The molecule has 0 aliphatic heterocycles. The van der Waals surface area contributed by atoms with Crippen LogP contribution in [0.4, 0.5) is 10.1 Å². The minimum atomic E-state index is -0.555. The number of carbonyl (C=O) groups excluding carboxylic acids is 1. The summed E-state index contributed by atoms with van der Waals surface area (Å²) in [5.74, 6) is -0.866. The van der Waals surface area contributed by atoms with E-state index >= 15 is 0 Å². The molecule has 1 aliphatic rings. The van der Waals surface area contributed by atoms with E-state index in [0.717, 1.165) is 12.8 Å². The maximum atomic E-state index is 14.0. The van der Waals surface area contributed by atoms with Gasteiger partial charge in [0.05, 0.1) is 21.8 Å². The van der Waals surface area contributed by atoms with Crippen LogP contribution in [-0.4, -0.2) is 20.7 Å². The quantitative estimate of drug-likeness (QED) is 0.439. The molecular weight excluding hydrogens is 445 g/mol. The van der Waals surface area contributed by atoms with Gasteiger partial charge in [0.1, 0.15) is 5.82 Å². The molecule has 0 bridgehead atoms. The van der Waals surface area contributed by atoms with Gasteiger partial charge in [-0.3, -0.25) is 14.2 Å². The summed E-state index contributed by atoms with van der Waals surface area (Å²) in [4.78, 5) is 30.1. The molecule has 144 valence electrons. The number of nitrogens with one attached hydrogen (secondary N) is 1. The van der Waals surface area contributed by atoms with Crippen molar-refractivity contribution in [1.29, 1.82) is 0 Å². The van der Waals surface area contributed by atoms with Crippen molar-refractivity contribution >= 4 is 50.2 Å². The summed E-state index contributed by atoms with van der Waals surface area (Å²) >= 11 is 4.40. The molecule has 1 N–H and O–H groups in total. The maximum Gasteiger partial charge on any atom is 0.262 e. The Hall–Kier alpha value is -2.19. The normalized spacial score (nSPS) is 14.8. The smallest absolute Gasteiger partial charge is 0.262 e. The second kappa shape index (κ2) is 7.67. The number of aromatic nitrogens is 2. The average Bonchev–Trinajstić information content (AvgIpc) is 3.49. The number of benzene rings is 2. The summed E-state index contributed by atoms with van der Waals surface area (Å²) in [6.07, 6.45) is 1.86. The van der Waals surface area contributed by atoms with Gasteiger partial charge in [-0.15, -0.1) is 0 Å². The van der Waals surface area contributed by atoms with Gasteiger partial charge in [-0.2, -0.15) is 0 Å². The van der Waals surface area contributed by atoms with E-state index in [2.05, 4.69) is 26.2 Å². The predicted octanol–water partition coefficient (Wildman–Crippen LogP) is 4.75. The summed E-state index contributed by atoms with van der Waals surface area (Å²) in [5.41, 5.74) is 0.646. The molecule has 1 fully saturated rings. The Bertz CT molecular complexity index is 1130. The first-order chi connectivity index (χ1) is 13.4. The summed E-state index contributed by atoms with van der Waals surface area (Å²) in [7, 11) is 0. The first-order valence-corrected chi connectivity index (χ1v) is 10.5. The molecule has 1 aliphatic carbocycles. The number of carbonyl (C=O) groups is 1. The molecule has 3 aromatic rings. The second-order valence-electron chi connectivity index (χ2n) is 6.69. The molecule has 8 heteroatoms. The van der Waals surface area contributed by atoms with E-state index in [1.807, 2.05) is 12.1 Å². The number of amides is 1. The summed E-state index contributed by atoms with van der Waals surface area (Å²) in [6.45, 7) is 1.72. The van der Waals surface area contributed by atoms with E-state index in [9.17, 15) is 14.0 Å². The van der Waals surface area contributed by atoms with Gasteiger partial charge < -0.3 is 5.32 Å². The van der Waals surface area contributed by atoms with Gasteiger partial charge in [0, 0.05) is 10.5 Å². The first-order valence-electron chi connectivity index (χ1n) is 8.88. The van der Waals surface area contributed by atoms with Gasteiger partial charge in [-0.05, 0) is 50.1 Å². The highest BCUT2D eigenvalue weighted by Gasteiger charge is 2.30. The zero-order chi connectivity index (χ0) is 19.8. The Morgan fingerprint density at radius 3 is 2.79 bits per heavy atom. The lowest BCUT2D eigenvalue weighted by Crippen LogP contribution is -2.26. The number of hydrogen-bond donors (Lipinski definition) is 1. The highest BCUT2D eigenvalue weighted by Crippen LogP contribution is 2.37. The number of anilines is 1. The number of fused-ring (bicyclic) bond motifs is 1. The van der Waals surface area contributed by atoms with Crippen molar-refractivity contribution in [3.8, 4) is 0 Å². The molecule has 1 aromatic heterocycles. The van der Waals surface area contributed by atoms with Crippen LogP contribution in [0.25, 0.3) is 10.9 Å². The van der Waals surface area contributed by atoms with Crippen molar-refractivity contribution in [1.82, 2.24) is 9.55 Å². The third-order valence-electron chi connectivity index (χ3n) is 4.53. The molecule has 28 heavy (non-hydrogen) atoms. The van der Waals surface area contributed by atoms with E-state index in [1.54, 1.807) is 29.7 Å². The van der Waals surface area contributed by atoms with Crippen LogP contribution in [0.5, 0.6) is 0 Å². The van der Waals surface area contributed by atoms with Crippen molar-refractivity contribution in [2.45, 2.75) is 36.2 Å². The third kappa shape index (κ3) is 3.84. The first kappa shape index (κ1) is 19.1. The van der Waals surface area contributed by atoms with Crippen molar-refractivity contribution in [3.05, 3.63) is 63.1 Å². The van der Waals surface area contributed by atoms with Gasteiger partial charge in [0.25, 0.3) is 5.56 Å². The minimum Gasteiger partial charge on any atom is -0.323 e. The minimum absolute atomic E-state index is 0.0813. The van der Waals surface area contributed by atoms with Crippen molar-refractivity contribution < 1.29 is 9.18 Å². The Labute approximate surface area is 173 Å². The molecule has 4 rings (SSSR count). The van der Waals surface area contributed by atoms with Crippen LogP contribution in [0.1, 0.15) is 25.8 Å². The van der Waals surface area contributed by atoms with E-state index in [-0.39, 0.29) is 23.2 Å². The lowest BCUT2D eigenvalue weighted by molar-refractivity contribution is -0.115. The summed E-state index contributed by atoms with van der Waals surface area (Å²) in [6, 6.07) is 11.8. The lowest BCUT2D eigenvalue weighted by Gasteiger charge is -2.16. The standard InChI is InChI=1S/C20H17BrFN3O2S/c1-11(18(26)23-17-9-6-12(21)10-15(17)22)28-20-24-16-5-3-2-4-14(16)19(27)25(20)13-7-8-13/h2-6,9-11,13H,7-8H2,1H3,(H,23,26). The monoisotopic (exact) mass is 461 g/mol. The van der Waals surface area contributed by atoms with Crippen LogP contribution in [0.2, 0.25) is 0 Å². The van der Waals surface area contributed by atoms with Gasteiger partial charge in [-0.1, -0.05) is 39.8 Å². The maximum absolute atomic E-state index is 14.0. The molecule has 2 aromatic carbocycles. The van der Waals surface area contributed by atoms with E-state index < -0.39 is 11.1 Å². The fourth-order valence-corrected chi connectivity index (χ4v) is 4.21. The molecule has 1 heterocycles. The van der Waals surface area contributed by atoms with Gasteiger partial charge in [-0.25, -0.2) is 9.37 Å². The van der Waals surface area contributed by atoms with Crippen LogP contribution < -0.4 is 10.9 Å². The SMILES string of the molecule is CC(Sc1nc2ccccc2c(=O)n1C1CC1)C(=O)Nc1ccc(Br)cc1F. The highest BCUT2D eigenvalue weighted by molar-refractivity contribution is 9.10. The number of rotatable bonds is 5. The van der Waals surface area contributed by atoms with Crippen LogP contribution in [0.15, 0.2) is 56.9 Å². The van der Waals surface area contributed by atoms with Crippen molar-refractivity contribution in [3.63, 3.8) is 0 Å². The zero-order valence-electron chi connectivity index (χ0n) is 15.0. The molecule has 1 unspecified atom stereocenters. The number of hydrogen-bond acceptors (Lipinski definition) is 4. The topological polar surface area (TPSA) is 64.0 Å². The molecule has 1 atom stereocenters. The Kier molecular flexibility index (Phi) is 5.25. The van der Waals surface area contributed by atoms with Crippen LogP contribution >= 0.6 is 27.7 Å². The second-order valence-corrected chi connectivity index (χ2v) is 8.91. The number of nitrogens with zero attached hydrogens (tertiary/aromatic N) is 2. The Morgan fingerprint density at radius 1 is 1.32 bits per heavy atom. The van der Waals surface area contributed by atoms with Crippen molar-refractivity contribution in [2.24, 2.45) is 0 Å². The van der Waals surface area contributed by atoms with Gasteiger partial charge in [0.15, 0.2) is 5.16 Å². The van der Waals surface area contributed by atoms with Gasteiger partial charge >= 0.3 is 0 Å². The molecule has 0 saturated heterocycles. The van der Waals surface area contributed by atoms with Gasteiger partial charge in [0.2, 0.25) is 5.91 Å². The predicted molar refractivity (Wildman–Crippen MR) is 112 cm³/mol. The summed E-state index contributed by atoms with van der Waals surface area (Å²) in [5, 5.41) is 3.14. The van der Waals surface area contributed by atoms with E-state index in [4.69, 9.17) is 0 Å². The number of para-hydroxylation sites is 1. The van der Waals surface area contributed by atoms with E-state index in [1.165, 1.54) is 23.9 Å². The Balaban J connectivity index is 1.61. The zero-order valence-corrected chi connectivity index (χ0v) is 17.4. The molecule has 5 nitrogen and oxygen atoms in total. The summed E-state index contributed by atoms with van der Waals surface area (Å²) < 4.78 is 16.3. The van der Waals surface area contributed by atoms with Crippen LogP contribution in [0.3, 0.4) is 0 Å². The molecule has 1 saturated carbocycles. The fraction of sp³-hybridized carbons (Fsp3) is 0.250. The van der Waals surface area contributed by atoms with Crippen LogP contribution in [0, 0.1) is 5.82 Å². The molecular formula is C20H17BrFN3O2S. The largest absolute Gasteiger partial charge is 0.323 e. The molecule has 0 radical (unpaired) electrons. The molecule has 0 spiro atoms. The number of thioether (sulfide) groups is 1. The van der Waals surface area contributed by atoms with Crippen LogP contribution in [-0.2, 0) is 4.79 Å². The fourth-order valence-electron chi connectivity index (χ4n) is 2.90. The van der Waals surface area contributed by atoms with Crippen molar-refractivity contribution in [2.75, 3.05) is 5.32 Å². The lowest BCUT2D eigenvalue weighted by atomic mass is 10.2. The average molecular weight is 462 g/mol. The highest BCUT2D eigenvalue weighted by atomic mass is 79.9. The Morgan fingerprint density at radius 2 is 2.07 bits per heavy atom. The molecule has 1 amide bonds.